The Labute approximate surface area is 201 Å². The molecule has 0 spiro atoms. The van der Waals surface area contributed by atoms with E-state index in [1.807, 2.05) is 30.3 Å². The number of nitrogens with zero attached hydrogens (tertiary/aromatic N) is 3. The Morgan fingerprint density at radius 3 is 2.34 bits per heavy atom. The predicted octanol–water partition coefficient (Wildman–Crippen LogP) is 7.87. The average molecular weight is 464 g/mol. The van der Waals surface area contributed by atoms with Crippen LogP contribution in [-0.2, 0) is 0 Å². The van der Waals surface area contributed by atoms with Gasteiger partial charge in [0.2, 0.25) is 0 Å². The molecule has 32 heavy (non-hydrogen) atoms. The van der Waals surface area contributed by atoms with E-state index in [2.05, 4.69) is 64.9 Å². The zero-order valence-corrected chi connectivity index (χ0v) is 19.9. The van der Waals surface area contributed by atoms with Gasteiger partial charge in [-0.3, -0.25) is 4.90 Å². The van der Waals surface area contributed by atoms with Gasteiger partial charge in [-0.2, -0.15) is 0 Å². The number of anilines is 1. The molecule has 1 aliphatic heterocycles. The molecule has 0 aromatic heterocycles. The van der Waals surface area contributed by atoms with Crippen LogP contribution >= 0.6 is 23.2 Å². The van der Waals surface area contributed by atoms with Crippen LogP contribution in [0.4, 0.5) is 11.4 Å². The highest BCUT2D eigenvalue weighted by Gasteiger charge is 2.32. The molecular formula is C27H27Cl2N3. The first-order chi connectivity index (χ1) is 15.5. The third-order valence-electron chi connectivity index (χ3n) is 6.31. The zero-order valence-electron chi connectivity index (χ0n) is 18.4. The normalized spacial score (nSPS) is 17.7. The minimum Gasteiger partial charge on any atom is -0.361 e. The van der Waals surface area contributed by atoms with Gasteiger partial charge in [-0.1, -0.05) is 72.6 Å². The van der Waals surface area contributed by atoms with Crippen LogP contribution in [-0.4, -0.2) is 24.5 Å². The summed E-state index contributed by atoms with van der Waals surface area (Å²) in [6, 6.07) is 23.0. The van der Waals surface area contributed by atoms with Crippen molar-refractivity contribution in [2.24, 2.45) is 0 Å². The summed E-state index contributed by atoms with van der Waals surface area (Å²) >= 11 is 12.9. The molecule has 1 heterocycles. The quantitative estimate of drug-likeness (QED) is 0.356. The number of piperazine rings is 1. The van der Waals surface area contributed by atoms with Gasteiger partial charge in [0.25, 0.3) is 0 Å². The second-order valence-electron chi connectivity index (χ2n) is 8.34. The summed E-state index contributed by atoms with van der Waals surface area (Å²) in [5, 5.41) is 1.53. The summed E-state index contributed by atoms with van der Waals surface area (Å²) in [6.07, 6.45) is 1.01. The molecule has 0 N–H and O–H groups in total. The largest absolute Gasteiger partial charge is 0.361 e. The second-order valence-corrected chi connectivity index (χ2v) is 9.18. The number of benzene rings is 3. The summed E-state index contributed by atoms with van der Waals surface area (Å²) in [5.41, 5.74) is 5.41. The van der Waals surface area contributed by atoms with Gasteiger partial charge in [0.05, 0.1) is 23.3 Å². The molecule has 2 atom stereocenters. The van der Waals surface area contributed by atoms with Crippen molar-refractivity contribution in [2.45, 2.75) is 32.4 Å². The summed E-state index contributed by atoms with van der Waals surface area (Å²) in [6.45, 7) is 14.2. The average Bonchev–Trinajstić information content (AvgIpc) is 2.81. The highest BCUT2D eigenvalue weighted by molar-refractivity contribution is 6.33. The van der Waals surface area contributed by atoms with Crippen molar-refractivity contribution < 1.29 is 0 Å². The van der Waals surface area contributed by atoms with E-state index in [9.17, 15) is 0 Å². The zero-order chi connectivity index (χ0) is 22.7. The van der Waals surface area contributed by atoms with Gasteiger partial charge in [0.15, 0.2) is 5.69 Å². The van der Waals surface area contributed by atoms with Crippen molar-refractivity contribution in [3.05, 3.63) is 105 Å². The topological polar surface area (TPSA) is 10.8 Å². The summed E-state index contributed by atoms with van der Waals surface area (Å²) < 4.78 is 0. The van der Waals surface area contributed by atoms with Crippen LogP contribution in [0.15, 0.2) is 66.7 Å². The number of hydrogen-bond acceptors (Lipinski definition) is 2. The summed E-state index contributed by atoms with van der Waals surface area (Å²) in [4.78, 5) is 8.52. The van der Waals surface area contributed by atoms with Crippen molar-refractivity contribution >= 4 is 34.6 Å². The van der Waals surface area contributed by atoms with Gasteiger partial charge in [0.1, 0.15) is 0 Å². The Bertz CT molecular complexity index is 1100. The van der Waals surface area contributed by atoms with Gasteiger partial charge < -0.3 is 4.90 Å². The molecule has 0 radical (unpaired) electrons. The van der Waals surface area contributed by atoms with Crippen molar-refractivity contribution in [1.82, 2.24) is 4.90 Å². The Morgan fingerprint density at radius 1 is 1.00 bits per heavy atom. The Hall–Kier alpha value is -2.51. The molecule has 164 valence electrons. The summed E-state index contributed by atoms with van der Waals surface area (Å²) in [5.74, 6) is 0. The Balaban J connectivity index is 1.67. The van der Waals surface area contributed by atoms with E-state index in [1.54, 1.807) is 0 Å². The highest BCUT2D eigenvalue weighted by atomic mass is 35.5. The van der Waals surface area contributed by atoms with Gasteiger partial charge in [-0.25, -0.2) is 4.85 Å². The monoisotopic (exact) mass is 463 g/mol. The molecule has 3 nitrogen and oxygen atoms in total. The number of halogens is 2. The lowest BCUT2D eigenvalue weighted by Gasteiger charge is -2.46. The third-order valence-corrected chi connectivity index (χ3v) is 6.87. The molecule has 0 bridgehead atoms. The Kier molecular flexibility index (Phi) is 7.06. The minimum atomic E-state index is 0.165. The minimum absolute atomic E-state index is 0.165. The van der Waals surface area contributed by atoms with Crippen LogP contribution in [0.1, 0.15) is 42.1 Å². The lowest BCUT2D eigenvalue weighted by molar-refractivity contribution is 0.156. The van der Waals surface area contributed by atoms with Crippen LogP contribution < -0.4 is 4.90 Å². The van der Waals surface area contributed by atoms with Gasteiger partial charge in [0, 0.05) is 30.7 Å². The van der Waals surface area contributed by atoms with Gasteiger partial charge >= 0.3 is 0 Å². The fourth-order valence-corrected chi connectivity index (χ4v) is 5.14. The second kappa shape index (κ2) is 9.96. The van der Waals surface area contributed by atoms with Crippen LogP contribution in [0.3, 0.4) is 0 Å². The number of hydrogen-bond donors (Lipinski definition) is 0. The lowest BCUT2D eigenvalue weighted by Crippen LogP contribution is -2.49. The van der Waals surface area contributed by atoms with E-state index in [0.717, 1.165) is 47.4 Å². The first-order valence-corrected chi connectivity index (χ1v) is 11.8. The number of aryl methyl sites for hydroxylation is 1. The molecule has 1 fully saturated rings. The van der Waals surface area contributed by atoms with E-state index in [-0.39, 0.29) is 6.04 Å². The molecule has 4 rings (SSSR count). The Morgan fingerprint density at radius 2 is 1.72 bits per heavy atom. The fourth-order valence-electron chi connectivity index (χ4n) is 4.67. The first-order valence-electron chi connectivity index (χ1n) is 11.0. The van der Waals surface area contributed by atoms with Crippen LogP contribution in [0.5, 0.6) is 0 Å². The van der Waals surface area contributed by atoms with E-state index in [0.29, 0.717) is 11.7 Å². The molecule has 0 amide bonds. The lowest BCUT2D eigenvalue weighted by atomic mass is 9.96. The van der Waals surface area contributed by atoms with Crippen molar-refractivity contribution in [3.63, 3.8) is 0 Å². The molecule has 0 unspecified atom stereocenters. The maximum absolute atomic E-state index is 7.22. The molecule has 5 heteroatoms. The summed E-state index contributed by atoms with van der Waals surface area (Å²) in [7, 11) is 0. The SMILES string of the molecule is [C-]#[N+]c1ccc([C@H](CC)N2CCN(c3ccc(C)cc3Cl)[C@H](c3ccc(Cl)cc3)C2)cc1. The third kappa shape index (κ3) is 4.79. The van der Waals surface area contributed by atoms with E-state index < -0.39 is 0 Å². The molecule has 1 aliphatic rings. The van der Waals surface area contributed by atoms with Gasteiger partial charge in [-0.15, -0.1) is 0 Å². The molecule has 1 saturated heterocycles. The van der Waals surface area contributed by atoms with Crippen LogP contribution in [0, 0.1) is 13.5 Å². The fraction of sp³-hybridized carbons (Fsp3) is 0.296. The highest BCUT2D eigenvalue weighted by Crippen LogP contribution is 2.38. The molecule has 3 aromatic carbocycles. The van der Waals surface area contributed by atoms with E-state index in [1.165, 1.54) is 11.1 Å². The van der Waals surface area contributed by atoms with Gasteiger partial charge in [-0.05, 0) is 54.3 Å². The molecular weight excluding hydrogens is 437 g/mol. The van der Waals surface area contributed by atoms with Crippen molar-refractivity contribution in [2.75, 3.05) is 24.5 Å². The molecule has 0 saturated carbocycles. The van der Waals surface area contributed by atoms with E-state index >= 15 is 0 Å². The predicted molar refractivity (Wildman–Crippen MR) is 135 cm³/mol. The maximum Gasteiger partial charge on any atom is 0.187 e. The van der Waals surface area contributed by atoms with Crippen LogP contribution in [0.25, 0.3) is 4.85 Å². The standard InChI is InChI=1S/C27H27Cl2N3/c1-4-25(20-8-12-23(30-3)13-9-20)31-15-16-32(26-14-5-19(2)17-24(26)29)27(18-31)21-6-10-22(28)11-7-21/h5-14,17,25,27H,4,15-16,18H2,1-2H3/t25-,27-/m0/s1. The smallest absolute Gasteiger partial charge is 0.187 e. The van der Waals surface area contributed by atoms with Crippen LogP contribution in [0.2, 0.25) is 10.0 Å². The van der Waals surface area contributed by atoms with Crippen molar-refractivity contribution in [1.29, 1.82) is 0 Å². The molecule has 3 aromatic rings. The first kappa shape index (κ1) is 22.7. The maximum atomic E-state index is 7.22. The van der Waals surface area contributed by atoms with Crippen molar-refractivity contribution in [3.8, 4) is 0 Å². The molecule has 0 aliphatic carbocycles. The number of rotatable bonds is 5. The van der Waals surface area contributed by atoms with E-state index in [4.69, 9.17) is 29.8 Å².